The van der Waals surface area contributed by atoms with E-state index in [1.807, 2.05) is 6.07 Å². The number of aromatic nitrogens is 2. The van der Waals surface area contributed by atoms with Gasteiger partial charge in [0.1, 0.15) is 5.75 Å². The first-order valence-corrected chi connectivity index (χ1v) is 10.8. The molecule has 2 saturated heterocycles. The van der Waals surface area contributed by atoms with Crippen molar-refractivity contribution in [3.05, 3.63) is 15.7 Å². The van der Waals surface area contributed by atoms with Crippen LogP contribution in [0.3, 0.4) is 0 Å². The maximum absolute atomic E-state index is 5.53. The first-order chi connectivity index (χ1) is 13.1. The van der Waals surface area contributed by atoms with Crippen molar-refractivity contribution in [1.82, 2.24) is 14.9 Å². The molecule has 0 atom stereocenters. The van der Waals surface area contributed by atoms with Crippen LogP contribution in [0.4, 0.5) is 11.8 Å². The number of hydrogen-bond donors (Lipinski definition) is 0. The standard InChI is InChI=1S/C20H26IN5O/c1-25-10-6-14(7-11-25)22-19-15-12-18(27-2)16(21)13-17(15)23-20(24-19)26-8-4-3-5-9-26/h12-13H,3-11H2,1-2H3. The Hall–Kier alpha value is -1.48. The molecular weight excluding hydrogens is 453 g/mol. The fourth-order valence-electron chi connectivity index (χ4n) is 3.72. The fourth-order valence-corrected chi connectivity index (χ4v) is 4.39. The second-order valence-corrected chi connectivity index (χ2v) is 8.54. The highest BCUT2D eigenvalue weighted by Crippen LogP contribution is 2.33. The minimum Gasteiger partial charge on any atom is -0.496 e. The Kier molecular flexibility index (Phi) is 5.77. The highest BCUT2D eigenvalue weighted by atomic mass is 127. The zero-order chi connectivity index (χ0) is 18.8. The lowest BCUT2D eigenvalue weighted by Gasteiger charge is -2.27. The Morgan fingerprint density at radius 2 is 1.78 bits per heavy atom. The Morgan fingerprint density at radius 1 is 1.04 bits per heavy atom. The Labute approximate surface area is 174 Å². The number of aliphatic imine (C=N–C) groups is 1. The predicted molar refractivity (Wildman–Crippen MR) is 119 cm³/mol. The summed E-state index contributed by atoms with van der Waals surface area (Å²) in [6, 6.07) is 4.12. The minimum atomic E-state index is 0.787. The van der Waals surface area contributed by atoms with Crippen molar-refractivity contribution in [2.45, 2.75) is 32.1 Å². The van der Waals surface area contributed by atoms with Gasteiger partial charge in [-0.25, -0.2) is 9.98 Å². The third-order valence-electron chi connectivity index (χ3n) is 5.40. The molecule has 0 radical (unpaired) electrons. The fraction of sp³-hybridized carbons (Fsp3) is 0.550. The lowest BCUT2D eigenvalue weighted by molar-refractivity contribution is 0.336. The first kappa shape index (κ1) is 18.9. The third-order valence-corrected chi connectivity index (χ3v) is 6.25. The summed E-state index contributed by atoms with van der Waals surface area (Å²) >= 11 is 2.30. The topological polar surface area (TPSA) is 53.9 Å². The van der Waals surface area contributed by atoms with Crippen LogP contribution >= 0.6 is 22.6 Å². The van der Waals surface area contributed by atoms with Crippen molar-refractivity contribution in [3.63, 3.8) is 0 Å². The molecule has 2 aromatic rings. The first-order valence-electron chi connectivity index (χ1n) is 9.69. The highest BCUT2D eigenvalue weighted by Gasteiger charge is 2.19. The van der Waals surface area contributed by atoms with Gasteiger partial charge in [0.15, 0.2) is 5.82 Å². The third kappa shape index (κ3) is 4.18. The summed E-state index contributed by atoms with van der Waals surface area (Å²) in [5.41, 5.74) is 2.18. The average molecular weight is 479 g/mol. The number of ether oxygens (including phenoxy) is 1. The molecule has 2 aliphatic heterocycles. The van der Waals surface area contributed by atoms with Gasteiger partial charge in [-0.2, -0.15) is 4.98 Å². The van der Waals surface area contributed by atoms with Gasteiger partial charge in [0.25, 0.3) is 0 Å². The molecule has 27 heavy (non-hydrogen) atoms. The van der Waals surface area contributed by atoms with Gasteiger partial charge in [-0.05, 0) is 73.9 Å². The molecule has 0 N–H and O–H groups in total. The number of likely N-dealkylation sites (tertiary alicyclic amines) is 1. The maximum atomic E-state index is 5.53. The van der Waals surface area contributed by atoms with Crippen molar-refractivity contribution in [1.29, 1.82) is 0 Å². The van der Waals surface area contributed by atoms with Gasteiger partial charge in [-0.1, -0.05) is 0 Å². The molecule has 1 aromatic carbocycles. The zero-order valence-corrected chi connectivity index (χ0v) is 18.2. The molecule has 0 bridgehead atoms. The molecule has 0 amide bonds. The van der Waals surface area contributed by atoms with Crippen LogP contribution in [0.2, 0.25) is 0 Å². The second kappa shape index (κ2) is 8.26. The molecule has 0 spiro atoms. The van der Waals surface area contributed by atoms with E-state index in [1.165, 1.54) is 25.0 Å². The largest absolute Gasteiger partial charge is 0.496 e. The molecule has 3 heterocycles. The summed E-state index contributed by atoms with van der Waals surface area (Å²) in [7, 11) is 3.87. The Balaban J connectivity index is 1.81. The van der Waals surface area contributed by atoms with Crippen LogP contribution in [-0.4, -0.2) is 60.9 Å². The number of rotatable bonds is 3. The van der Waals surface area contributed by atoms with Crippen LogP contribution < -0.4 is 9.64 Å². The van der Waals surface area contributed by atoms with Crippen LogP contribution in [0.1, 0.15) is 32.1 Å². The average Bonchev–Trinajstić information content (AvgIpc) is 2.69. The summed E-state index contributed by atoms with van der Waals surface area (Å²) in [6.45, 7) is 4.17. The van der Waals surface area contributed by atoms with Crippen molar-refractivity contribution in [3.8, 4) is 5.75 Å². The number of fused-ring (bicyclic) bond motifs is 1. The quantitative estimate of drug-likeness (QED) is 0.623. The monoisotopic (exact) mass is 479 g/mol. The summed E-state index contributed by atoms with van der Waals surface area (Å²) in [6.07, 6.45) is 5.71. The molecule has 2 aliphatic rings. The number of piperidine rings is 2. The molecule has 4 rings (SSSR count). The van der Waals surface area contributed by atoms with E-state index in [0.29, 0.717) is 0 Å². The number of anilines is 1. The van der Waals surface area contributed by atoms with E-state index < -0.39 is 0 Å². The highest BCUT2D eigenvalue weighted by molar-refractivity contribution is 14.1. The molecule has 1 aromatic heterocycles. The summed E-state index contributed by atoms with van der Waals surface area (Å²) < 4.78 is 6.59. The van der Waals surface area contributed by atoms with Gasteiger partial charge >= 0.3 is 0 Å². The minimum absolute atomic E-state index is 0.787. The summed E-state index contributed by atoms with van der Waals surface area (Å²) in [5.74, 6) is 2.45. The maximum Gasteiger partial charge on any atom is 0.227 e. The molecule has 0 unspecified atom stereocenters. The van der Waals surface area contributed by atoms with E-state index >= 15 is 0 Å². The number of methoxy groups -OCH3 is 1. The number of hydrogen-bond acceptors (Lipinski definition) is 6. The van der Waals surface area contributed by atoms with Crippen LogP contribution in [-0.2, 0) is 0 Å². The van der Waals surface area contributed by atoms with Crippen molar-refractivity contribution in [2.75, 3.05) is 45.2 Å². The Morgan fingerprint density at radius 3 is 2.48 bits per heavy atom. The number of halogens is 1. The van der Waals surface area contributed by atoms with E-state index in [2.05, 4.69) is 45.5 Å². The van der Waals surface area contributed by atoms with Crippen LogP contribution in [0, 0.1) is 3.57 Å². The van der Waals surface area contributed by atoms with E-state index in [0.717, 1.165) is 71.0 Å². The molecule has 7 heteroatoms. The predicted octanol–water partition coefficient (Wildman–Crippen LogP) is 4.03. The Bertz CT molecular complexity index is 853. The van der Waals surface area contributed by atoms with Gasteiger partial charge in [0, 0.05) is 37.3 Å². The van der Waals surface area contributed by atoms with Gasteiger partial charge in [-0.15, -0.1) is 0 Å². The second-order valence-electron chi connectivity index (χ2n) is 7.38. The van der Waals surface area contributed by atoms with Crippen LogP contribution in [0.25, 0.3) is 10.9 Å². The zero-order valence-electron chi connectivity index (χ0n) is 16.0. The SMILES string of the molecule is COc1cc2c(N=C3CCN(C)CC3)nc(N3CCCCC3)nc2cc1I. The lowest BCUT2D eigenvalue weighted by Crippen LogP contribution is -2.31. The van der Waals surface area contributed by atoms with Gasteiger partial charge < -0.3 is 14.5 Å². The van der Waals surface area contributed by atoms with Gasteiger partial charge in [-0.3, -0.25) is 0 Å². The molecule has 0 saturated carbocycles. The molecule has 6 nitrogen and oxygen atoms in total. The molecular formula is C20H26IN5O. The van der Waals surface area contributed by atoms with Crippen LogP contribution in [0.15, 0.2) is 17.1 Å². The normalized spacial score (nSPS) is 18.8. The smallest absolute Gasteiger partial charge is 0.227 e. The number of nitrogens with zero attached hydrogens (tertiary/aromatic N) is 5. The van der Waals surface area contributed by atoms with E-state index in [4.69, 9.17) is 19.7 Å². The van der Waals surface area contributed by atoms with E-state index in [9.17, 15) is 0 Å². The van der Waals surface area contributed by atoms with E-state index in [-0.39, 0.29) is 0 Å². The molecule has 144 valence electrons. The van der Waals surface area contributed by atoms with Crippen LogP contribution in [0.5, 0.6) is 5.75 Å². The van der Waals surface area contributed by atoms with Gasteiger partial charge in [0.2, 0.25) is 5.95 Å². The number of benzene rings is 1. The van der Waals surface area contributed by atoms with Crippen molar-refractivity contribution >= 4 is 51.0 Å². The summed E-state index contributed by atoms with van der Waals surface area (Å²) in [4.78, 5) is 19.4. The van der Waals surface area contributed by atoms with Gasteiger partial charge in [0.05, 0.1) is 16.2 Å². The van der Waals surface area contributed by atoms with Crippen molar-refractivity contribution < 1.29 is 4.74 Å². The molecule has 2 fully saturated rings. The van der Waals surface area contributed by atoms with Crippen molar-refractivity contribution in [2.24, 2.45) is 4.99 Å². The van der Waals surface area contributed by atoms with E-state index in [1.54, 1.807) is 7.11 Å². The summed E-state index contributed by atoms with van der Waals surface area (Å²) in [5, 5.41) is 0.972. The molecule has 0 aliphatic carbocycles. The lowest BCUT2D eigenvalue weighted by atomic mass is 10.1.